The number of hydrogen-bond acceptors (Lipinski definition) is 4. The highest BCUT2D eigenvalue weighted by molar-refractivity contribution is 7.88. The van der Waals surface area contributed by atoms with Crippen molar-refractivity contribution < 1.29 is 8.42 Å². The van der Waals surface area contributed by atoms with E-state index in [-0.39, 0.29) is 5.92 Å². The molecule has 0 bridgehead atoms. The molecule has 0 aromatic carbocycles. The molecule has 0 saturated carbocycles. The first-order chi connectivity index (χ1) is 7.36. The van der Waals surface area contributed by atoms with E-state index in [1.165, 1.54) is 10.6 Å². The van der Waals surface area contributed by atoms with Crippen molar-refractivity contribution in [2.45, 2.75) is 12.8 Å². The Morgan fingerprint density at radius 1 is 1.44 bits per heavy atom. The first-order valence-electron chi connectivity index (χ1n) is 4.82. The Kier molecular flexibility index (Phi) is 2.90. The minimum absolute atomic E-state index is 0.0622. The summed E-state index contributed by atoms with van der Waals surface area (Å²) < 4.78 is 23.8. The van der Waals surface area contributed by atoms with Crippen molar-refractivity contribution in [1.29, 1.82) is 0 Å². The highest BCUT2D eigenvalue weighted by Gasteiger charge is 2.35. The van der Waals surface area contributed by atoms with Gasteiger partial charge in [0.1, 0.15) is 11.0 Å². The second kappa shape index (κ2) is 3.94. The smallest absolute Gasteiger partial charge is 0.211 e. The zero-order valence-corrected chi connectivity index (χ0v) is 10.6. The third-order valence-corrected chi connectivity index (χ3v) is 3.95. The number of hydrogen-bond donors (Lipinski definition) is 0. The van der Waals surface area contributed by atoms with Crippen LogP contribution in [0.25, 0.3) is 0 Å². The zero-order valence-electron chi connectivity index (χ0n) is 9.01. The predicted octanol–water partition coefficient (Wildman–Crippen LogP) is 0.797. The van der Waals surface area contributed by atoms with E-state index in [1.807, 2.05) is 6.92 Å². The van der Waals surface area contributed by atoms with E-state index in [0.717, 1.165) is 5.69 Å². The molecule has 1 aliphatic rings. The van der Waals surface area contributed by atoms with E-state index in [4.69, 9.17) is 11.6 Å². The van der Waals surface area contributed by atoms with Crippen molar-refractivity contribution in [2.75, 3.05) is 19.3 Å². The Labute approximate surface area is 99.5 Å². The number of aryl methyl sites for hydroxylation is 1. The molecule has 5 nitrogen and oxygen atoms in total. The Bertz CT molecular complexity index is 491. The van der Waals surface area contributed by atoms with Gasteiger partial charge in [-0.05, 0) is 13.0 Å². The van der Waals surface area contributed by atoms with Gasteiger partial charge in [-0.2, -0.15) is 0 Å². The topological polar surface area (TPSA) is 63.2 Å². The third kappa shape index (κ3) is 2.34. The first kappa shape index (κ1) is 11.8. The van der Waals surface area contributed by atoms with Gasteiger partial charge in [0.05, 0.1) is 6.26 Å². The molecule has 1 aromatic heterocycles. The van der Waals surface area contributed by atoms with Crippen molar-refractivity contribution in [3.05, 3.63) is 22.7 Å². The number of aromatic nitrogens is 2. The fourth-order valence-electron chi connectivity index (χ4n) is 1.61. The average molecular weight is 262 g/mol. The van der Waals surface area contributed by atoms with Gasteiger partial charge in [-0.25, -0.2) is 22.7 Å². The van der Waals surface area contributed by atoms with Crippen LogP contribution >= 0.6 is 11.6 Å². The van der Waals surface area contributed by atoms with Crippen molar-refractivity contribution >= 4 is 21.6 Å². The minimum atomic E-state index is -3.08. The van der Waals surface area contributed by atoms with Crippen molar-refractivity contribution in [2.24, 2.45) is 0 Å². The lowest BCUT2D eigenvalue weighted by molar-refractivity contribution is 0.257. The van der Waals surface area contributed by atoms with Crippen LogP contribution in [-0.2, 0) is 10.0 Å². The van der Waals surface area contributed by atoms with Gasteiger partial charge in [-0.15, -0.1) is 0 Å². The van der Waals surface area contributed by atoms with Gasteiger partial charge < -0.3 is 0 Å². The van der Waals surface area contributed by atoms with Crippen LogP contribution in [-0.4, -0.2) is 42.0 Å². The molecule has 1 aromatic rings. The summed E-state index contributed by atoms with van der Waals surface area (Å²) in [6.45, 7) is 2.72. The van der Waals surface area contributed by atoms with Crippen molar-refractivity contribution in [1.82, 2.24) is 14.3 Å². The van der Waals surface area contributed by atoms with E-state index < -0.39 is 10.0 Å². The van der Waals surface area contributed by atoms with E-state index in [0.29, 0.717) is 24.1 Å². The molecule has 1 saturated heterocycles. The molecular formula is C9H12ClN3O2S. The molecule has 0 atom stereocenters. The quantitative estimate of drug-likeness (QED) is 0.739. The van der Waals surface area contributed by atoms with Crippen LogP contribution in [0.3, 0.4) is 0 Å². The van der Waals surface area contributed by atoms with Crippen LogP contribution in [0.4, 0.5) is 0 Å². The number of rotatable bonds is 2. The third-order valence-electron chi connectivity index (χ3n) is 2.52. The SMILES string of the molecule is Cc1cc(Cl)nc(C2CN(S(C)(=O)=O)C2)n1. The maximum Gasteiger partial charge on any atom is 0.211 e. The molecule has 0 spiro atoms. The molecule has 0 amide bonds. The van der Waals surface area contributed by atoms with E-state index >= 15 is 0 Å². The predicted molar refractivity (Wildman–Crippen MR) is 60.9 cm³/mol. The van der Waals surface area contributed by atoms with E-state index in [9.17, 15) is 8.42 Å². The summed E-state index contributed by atoms with van der Waals surface area (Å²) in [6, 6.07) is 1.68. The van der Waals surface area contributed by atoms with Crippen LogP contribution in [0.1, 0.15) is 17.4 Å². The maximum atomic E-state index is 11.2. The summed E-state index contributed by atoms with van der Waals surface area (Å²) in [5.74, 6) is 0.692. The number of nitrogens with zero attached hydrogens (tertiary/aromatic N) is 3. The van der Waals surface area contributed by atoms with Gasteiger partial charge in [0.25, 0.3) is 0 Å². The summed E-state index contributed by atoms with van der Waals surface area (Å²) in [4.78, 5) is 8.36. The fraction of sp³-hybridized carbons (Fsp3) is 0.556. The Balaban J connectivity index is 2.12. The molecular weight excluding hydrogens is 250 g/mol. The fourth-order valence-corrected chi connectivity index (χ4v) is 2.75. The second-order valence-electron chi connectivity index (χ2n) is 3.97. The van der Waals surface area contributed by atoms with Gasteiger partial charge in [-0.1, -0.05) is 11.6 Å². The highest BCUT2D eigenvalue weighted by Crippen LogP contribution is 2.27. The van der Waals surface area contributed by atoms with Gasteiger partial charge in [0, 0.05) is 24.7 Å². The summed E-state index contributed by atoms with van der Waals surface area (Å²) in [5.41, 5.74) is 0.799. The molecule has 0 aliphatic carbocycles. The summed E-state index contributed by atoms with van der Waals surface area (Å²) in [7, 11) is -3.08. The Morgan fingerprint density at radius 3 is 2.56 bits per heavy atom. The minimum Gasteiger partial charge on any atom is -0.238 e. The summed E-state index contributed by atoms with van der Waals surface area (Å²) in [5, 5.41) is 0.403. The van der Waals surface area contributed by atoms with Crippen LogP contribution in [0.2, 0.25) is 5.15 Å². The zero-order chi connectivity index (χ0) is 11.9. The Hall–Kier alpha value is -0.720. The molecule has 0 radical (unpaired) electrons. The van der Waals surface area contributed by atoms with E-state index in [2.05, 4.69) is 9.97 Å². The largest absolute Gasteiger partial charge is 0.238 e. The average Bonchev–Trinajstić information content (AvgIpc) is 1.94. The van der Waals surface area contributed by atoms with Crippen molar-refractivity contribution in [3.63, 3.8) is 0 Å². The normalized spacial score (nSPS) is 18.4. The molecule has 1 aliphatic heterocycles. The molecule has 0 N–H and O–H groups in total. The lowest BCUT2D eigenvalue weighted by atomic mass is 10.0. The maximum absolute atomic E-state index is 11.2. The molecule has 7 heteroatoms. The van der Waals surface area contributed by atoms with Gasteiger partial charge in [0.15, 0.2) is 0 Å². The summed E-state index contributed by atoms with van der Waals surface area (Å²) in [6.07, 6.45) is 1.20. The van der Waals surface area contributed by atoms with E-state index in [1.54, 1.807) is 6.07 Å². The van der Waals surface area contributed by atoms with Crippen LogP contribution in [0.15, 0.2) is 6.07 Å². The van der Waals surface area contributed by atoms with Crippen molar-refractivity contribution in [3.8, 4) is 0 Å². The molecule has 1 fully saturated rings. The lowest BCUT2D eigenvalue weighted by Gasteiger charge is -2.36. The van der Waals surface area contributed by atoms with Crippen LogP contribution < -0.4 is 0 Å². The number of halogens is 1. The Morgan fingerprint density at radius 2 is 2.06 bits per heavy atom. The lowest BCUT2D eigenvalue weighted by Crippen LogP contribution is -2.48. The summed E-state index contributed by atoms with van der Waals surface area (Å²) >= 11 is 5.82. The standard InChI is InChI=1S/C9H12ClN3O2S/c1-6-3-8(10)12-9(11-6)7-4-13(5-7)16(2,14)15/h3,7H,4-5H2,1-2H3. The van der Waals surface area contributed by atoms with Crippen LogP contribution in [0.5, 0.6) is 0 Å². The molecule has 2 rings (SSSR count). The second-order valence-corrected chi connectivity index (χ2v) is 6.34. The molecule has 16 heavy (non-hydrogen) atoms. The van der Waals surface area contributed by atoms with Gasteiger partial charge in [-0.3, -0.25) is 0 Å². The van der Waals surface area contributed by atoms with Gasteiger partial charge >= 0.3 is 0 Å². The van der Waals surface area contributed by atoms with Gasteiger partial charge in [0.2, 0.25) is 10.0 Å². The molecule has 88 valence electrons. The number of sulfonamides is 1. The molecule has 2 heterocycles. The monoisotopic (exact) mass is 261 g/mol. The first-order valence-corrected chi connectivity index (χ1v) is 7.05. The van der Waals surface area contributed by atoms with Crippen LogP contribution in [0, 0.1) is 6.92 Å². The highest BCUT2D eigenvalue weighted by atomic mass is 35.5. The molecule has 0 unspecified atom stereocenters.